The van der Waals surface area contributed by atoms with E-state index in [4.69, 9.17) is 4.74 Å². The standard InChI is InChI=1S/C16H17NO2.ClH/c1-19-15-9-7-13(8-10-15)11-17-12-16(18)14-5-3-2-4-6-14;/h2-10,17H,11-12H2,1H3;1H. The Morgan fingerprint density at radius 1 is 1.05 bits per heavy atom. The second-order valence-electron chi connectivity index (χ2n) is 4.24. The van der Waals surface area contributed by atoms with Crippen LogP contribution in [0.15, 0.2) is 54.6 Å². The van der Waals surface area contributed by atoms with Crippen LogP contribution in [0.4, 0.5) is 0 Å². The van der Waals surface area contributed by atoms with E-state index in [9.17, 15) is 4.79 Å². The Bertz CT molecular complexity index is 526. The third-order valence-electron chi connectivity index (χ3n) is 2.87. The van der Waals surface area contributed by atoms with Crippen molar-refractivity contribution >= 4 is 18.2 Å². The van der Waals surface area contributed by atoms with Gasteiger partial charge in [-0.15, -0.1) is 12.4 Å². The van der Waals surface area contributed by atoms with Crippen molar-refractivity contribution in [1.82, 2.24) is 5.32 Å². The van der Waals surface area contributed by atoms with Crippen molar-refractivity contribution in [3.63, 3.8) is 0 Å². The first kappa shape index (κ1) is 16.2. The van der Waals surface area contributed by atoms with Crippen LogP contribution in [-0.2, 0) is 6.54 Å². The van der Waals surface area contributed by atoms with Gasteiger partial charge in [0, 0.05) is 12.1 Å². The lowest BCUT2D eigenvalue weighted by atomic mass is 10.1. The van der Waals surface area contributed by atoms with Crippen molar-refractivity contribution < 1.29 is 9.53 Å². The molecule has 2 aromatic rings. The molecule has 0 atom stereocenters. The third kappa shape index (κ3) is 4.68. The maximum absolute atomic E-state index is 11.9. The van der Waals surface area contributed by atoms with Gasteiger partial charge in [-0.2, -0.15) is 0 Å². The summed E-state index contributed by atoms with van der Waals surface area (Å²) in [5, 5.41) is 3.15. The lowest BCUT2D eigenvalue weighted by molar-refractivity contribution is 0.0991. The molecule has 0 saturated carbocycles. The number of methoxy groups -OCH3 is 1. The number of ether oxygens (including phenoxy) is 1. The fraction of sp³-hybridized carbons (Fsp3) is 0.188. The molecule has 0 bridgehead atoms. The Balaban J connectivity index is 0.00000200. The third-order valence-corrected chi connectivity index (χ3v) is 2.87. The summed E-state index contributed by atoms with van der Waals surface area (Å²) in [5.41, 5.74) is 1.87. The number of rotatable bonds is 6. The molecule has 0 aromatic heterocycles. The van der Waals surface area contributed by atoms with Gasteiger partial charge in [0.25, 0.3) is 0 Å². The summed E-state index contributed by atoms with van der Waals surface area (Å²) in [4.78, 5) is 11.9. The number of hydrogen-bond donors (Lipinski definition) is 1. The molecular formula is C16H18ClNO2. The number of carbonyl (C=O) groups is 1. The molecule has 0 unspecified atom stereocenters. The van der Waals surface area contributed by atoms with Gasteiger partial charge < -0.3 is 10.1 Å². The molecule has 20 heavy (non-hydrogen) atoms. The molecule has 2 aromatic carbocycles. The Hall–Kier alpha value is -1.84. The van der Waals surface area contributed by atoms with Gasteiger partial charge in [-0.25, -0.2) is 0 Å². The van der Waals surface area contributed by atoms with Crippen molar-refractivity contribution in [2.24, 2.45) is 0 Å². The highest BCUT2D eigenvalue weighted by atomic mass is 35.5. The molecule has 0 aliphatic rings. The predicted molar refractivity (Wildman–Crippen MR) is 82.7 cm³/mol. The zero-order valence-corrected chi connectivity index (χ0v) is 12.2. The quantitative estimate of drug-likeness (QED) is 0.831. The molecule has 0 aliphatic heterocycles. The minimum atomic E-state index is 0. The van der Waals surface area contributed by atoms with Crippen molar-refractivity contribution in [2.45, 2.75) is 6.54 Å². The largest absolute Gasteiger partial charge is 0.497 e. The van der Waals surface area contributed by atoms with Crippen molar-refractivity contribution in [3.05, 3.63) is 65.7 Å². The van der Waals surface area contributed by atoms with E-state index in [1.807, 2.05) is 54.6 Å². The maximum atomic E-state index is 11.9. The number of ketones is 1. The minimum absolute atomic E-state index is 0. The van der Waals surface area contributed by atoms with Gasteiger partial charge in [0.15, 0.2) is 5.78 Å². The van der Waals surface area contributed by atoms with Gasteiger partial charge in [0.05, 0.1) is 13.7 Å². The number of carbonyl (C=O) groups excluding carboxylic acids is 1. The first-order valence-electron chi connectivity index (χ1n) is 6.21. The smallest absolute Gasteiger partial charge is 0.176 e. The summed E-state index contributed by atoms with van der Waals surface area (Å²) in [7, 11) is 1.64. The van der Waals surface area contributed by atoms with E-state index >= 15 is 0 Å². The SMILES string of the molecule is COc1ccc(CNCC(=O)c2ccccc2)cc1.Cl. The van der Waals surface area contributed by atoms with Crippen LogP contribution in [0.5, 0.6) is 5.75 Å². The van der Waals surface area contributed by atoms with E-state index in [1.165, 1.54) is 0 Å². The average Bonchev–Trinajstić information content (AvgIpc) is 2.49. The average molecular weight is 292 g/mol. The molecule has 106 valence electrons. The summed E-state index contributed by atoms with van der Waals surface area (Å²) in [6.07, 6.45) is 0. The van der Waals surface area contributed by atoms with Gasteiger partial charge in [-0.05, 0) is 17.7 Å². The Morgan fingerprint density at radius 2 is 1.70 bits per heavy atom. The molecule has 1 N–H and O–H groups in total. The molecule has 0 saturated heterocycles. The van der Waals surface area contributed by atoms with Gasteiger partial charge in [0.1, 0.15) is 5.75 Å². The molecule has 0 amide bonds. The second-order valence-corrected chi connectivity index (χ2v) is 4.24. The van der Waals surface area contributed by atoms with Crippen LogP contribution in [-0.4, -0.2) is 19.4 Å². The van der Waals surface area contributed by atoms with Crippen molar-refractivity contribution in [2.75, 3.05) is 13.7 Å². The van der Waals surface area contributed by atoms with Gasteiger partial charge in [0.2, 0.25) is 0 Å². The van der Waals surface area contributed by atoms with Gasteiger partial charge in [-0.3, -0.25) is 4.79 Å². The summed E-state index contributed by atoms with van der Waals surface area (Å²) in [5.74, 6) is 0.943. The molecule has 3 nitrogen and oxygen atoms in total. The van der Waals surface area contributed by atoms with Crippen LogP contribution < -0.4 is 10.1 Å². The predicted octanol–water partition coefficient (Wildman–Crippen LogP) is 3.09. The first-order valence-corrected chi connectivity index (χ1v) is 6.21. The Labute approximate surface area is 125 Å². The fourth-order valence-electron chi connectivity index (χ4n) is 1.79. The zero-order valence-electron chi connectivity index (χ0n) is 11.3. The molecule has 0 aliphatic carbocycles. The topological polar surface area (TPSA) is 38.3 Å². The lowest BCUT2D eigenvalue weighted by Gasteiger charge is -2.05. The number of hydrogen-bond acceptors (Lipinski definition) is 3. The summed E-state index contributed by atoms with van der Waals surface area (Å²) in [6, 6.07) is 17.1. The zero-order chi connectivity index (χ0) is 13.5. The van der Waals surface area contributed by atoms with E-state index in [0.717, 1.165) is 16.9 Å². The van der Waals surface area contributed by atoms with Crippen LogP contribution in [0.25, 0.3) is 0 Å². The molecule has 0 spiro atoms. The van der Waals surface area contributed by atoms with E-state index in [1.54, 1.807) is 7.11 Å². The highest BCUT2D eigenvalue weighted by Crippen LogP contribution is 2.10. The lowest BCUT2D eigenvalue weighted by Crippen LogP contribution is -2.22. The number of halogens is 1. The van der Waals surface area contributed by atoms with Crippen molar-refractivity contribution in [3.8, 4) is 5.75 Å². The first-order chi connectivity index (χ1) is 9.29. The van der Waals surface area contributed by atoms with Crippen LogP contribution in [0.1, 0.15) is 15.9 Å². The monoisotopic (exact) mass is 291 g/mol. The van der Waals surface area contributed by atoms with E-state index in [-0.39, 0.29) is 18.2 Å². The van der Waals surface area contributed by atoms with Crippen LogP contribution >= 0.6 is 12.4 Å². The minimum Gasteiger partial charge on any atom is -0.497 e. The maximum Gasteiger partial charge on any atom is 0.176 e. The highest BCUT2D eigenvalue weighted by molar-refractivity contribution is 5.97. The van der Waals surface area contributed by atoms with Crippen LogP contribution in [0.3, 0.4) is 0 Å². The Morgan fingerprint density at radius 3 is 2.30 bits per heavy atom. The van der Waals surface area contributed by atoms with Crippen LogP contribution in [0, 0.1) is 0 Å². The molecule has 2 rings (SSSR count). The molecule has 0 heterocycles. The molecular weight excluding hydrogens is 274 g/mol. The molecule has 0 radical (unpaired) electrons. The van der Waals surface area contributed by atoms with E-state index < -0.39 is 0 Å². The number of benzene rings is 2. The summed E-state index contributed by atoms with van der Waals surface area (Å²) >= 11 is 0. The summed E-state index contributed by atoms with van der Waals surface area (Å²) < 4.78 is 5.10. The van der Waals surface area contributed by atoms with Crippen LogP contribution in [0.2, 0.25) is 0 Å². The molecule has 4 heteroatoms. The van der Waals surface area contributed by atoms with E-state index in [0.29, 0.717) is 13.1 Å². The molecule has 0 fully saturated rings. The van der Waals surface area contributed by atoms with Crippen molar-refractivity contribution in [1.29, 1.82) is 0 Å². The van der Waals surface area contributed by atoms with E-state index in [2.05, 4.69) is 5.32 Å². The summed E-state index contributed by atoms with van der Waals surface area (Å²) in [6.45, 7) is 1.01. The second kappa shape index (κ2) is 8.35. The number of Topliss-reactive ketones (excluding diaryl/α,β-unsaturated/α-hetero) is 1. The Kier molecular flexibility index (Phi) is 6.77. The normalized spacial score (nSPS) is 9.65. The number of nitrogens with one attached hydrogen (secondary N) is 1. The fourth-order valence-corrected chi connectivity index (χ4v) is 1.79. The highest BCUT2D eigenvalue weighted by Gasteiger charge is 2.03. The van der Waals surface area contributed by atoms with Gasteiger partial charge >= 0.3 is 0 Å². The van der Waals surface area contributed by atoms with Gasteiger partial charge in [-0.1, -0.05) is 42.5 Å².